The van der Waals surface area contributed by atoms with Crippen molar-refractivity contribution in [1.82, 2.24) is 10.2 Å². The lowest BCUT2D eigenvalue weighted by atomic mass is 9.95. The number of nitrogens with one attached hydrogen (secondary N) is 1. The standard InChI is InChI=1S/C23H28Cl2N2O2/c1-2-17-3-7-21(8-4-17)29-14-11-26-23(28)18-9-12-27(13-10-18)16-19-5-6-20(24)15-22(19)25/h3-8,15,18H,2,9-14,16H2,1H3,(H,26,28). The molecule has 0 atom stereocenters. The molecule has 1 fully saturated rings. The molecule has 2 aromatic carbocycles. The van der Waals surface area contributed by atoms with Gasteiger partial charge in [-0.15, -0.1) is 0 Å². The van der Waals surface area contributed by atoms with Crippen molar-refractivity contribution in [2.45, 2.75) is 32.7 Å². The second-order valence-electron chi connectivity index (χ2n) is 7.42. The minimum Gasteiger partial charge on any atom is -0.492 e. The van der Waals surface area contributed by atoms with Crippen LogP contribution in [0.25, 0.3) is 0 Å². The van der Waals surface area contributed by atoms with Crippen LogP contribution in [0.4, 0.5) is 0 Å². The van der Waals surface area contributed by atoms with E-state index < -0.39 is 0 Å². The summed E-state index contributed by atoms with van der Waals surface area (Å²) >= 11 is 12.2. The number of hydrogen-bond donors (Lipinski definition) is 1. The van der Waals surface area contributed by atoms with E-state index in [0.717, 1.165) is 50.2 Å². The fraction of sp³-hybridized carbons (Fsp3) is 0.435. The topological polar surface area (TPSA) is 41.6 Å². The summed E-state index contributed by atoms with van der Waals surface area (Å²) in [6.07, 6.45) is 2.73. The van der Waals surface area contributed by atoms with Crippen LogP contribution in [0.15, 0.2) is 42.5 Å². The molecule has 0 bridgehead atoms. The molecule has 0 unspecified atom stereocenters. The molecule has 4 nitrogen and oxygen atoms in total. The summed E-state index contributed by atoms with van der Waals surface area (Å²) in [5.74, 6) is 1.03. The van der Waals surface area contributed by atoms with Crippen LogP contribution < -0.4 is 10.1 Å². The van der Waals surface area contributed by atoms with Gasteiger partial charge in [-0.3, -0.25) is 9.69 Å². The second-order valence-corrected chi connectivity index (χ2v) is 8.27. The molecule has 0 aromatic heterocycles. The number of halogens is 2. The van der Waals surface area contributed by atoms with Crippen molar-refractivity contribution in [1.29, 1.82) is 0 Å². The number of amides is 1. The average Bonchev–Trinajstić information content (AvgIpc) is 2.74. The predicted octanol–water partition coefficient (Wildman–Crippen LogP) is 4.96. The summed E-state index contributed by atoms with van der Waals surface area (Å²) in [6, 6.07) is 13.7. The monoisotopic (exact) mass is 434 g/mol. The molecule has 156 valence electrons. The summed E-state index contributed by atoms with van der Waals surface area (Å²) in [6.45, 7) is 5.69. The zero-order valence-corrected chi connectivity index (χ0v) is 18.3. The number of benzene rings is 2. The lowest BCUT2D eigenvalue weighted by Crippen LogP contribution is -2.41. The van der Waals surface area contributed by atoms with Crippen LogP contribution in [0, 0.1) is 5.92 Å². The van der Waals surface area contributed by atoms with E-state index in [1.807, 2.05) is 24.3 Å². The van der Waals surface area contributed by atoms with E-state index in [0.29, 0.717) is 23.2 Å². The van der Waals surface area contributed by atoms with E-state index in [9.17, 15) is 4.79 Å². The third-order valence-corrected chi connectivity index (χ3v) is 5.96. The molecule has 1 N–H and O–H groups in total. The molecule has 0 aliphatic carbocycles. The molecular weight excluding hydrogens is 407 g/mol. The van der Waals surface area contributed by atoms with Gasteiger partial charge in [0.2, 0.25) is 5.91 Å². The van der Waals surface area contributed by atoms with Crippen molar-refractivity contribution >= 4 is 29.1 Å². The van der Waals surface area contributed by atoms with Crippen molar-refractivity contribution in [3.63, 3.8) is 0 Å². The molecule has 0 spiro atoms. The van der Waals surface area contributed by atoms with Crippen LogP contribution in [0.5, 0.6) is 5.75 Å². The largest absolute Gasteiger partial charge is 0.492 e. The maximum absolute atomic E-state index is 12.4. The molecule has 6 heteroatoms. The zero-order valence-electron chi connectivity index (χ0n) is 16.8. The number of nitrogens with zero attached hydrogens (tertiary/aromatic N) is 1. The molecule has 1 saturated heterocycles. The van der Waals surface area contributed by atoms with E-state index in [2.05, 4.69) is 29.3 Å². The number of piperidine rings is 1. The lowest BCUT2D eigenvalue weighted by Gasteiger charge is -2.31. The van der Waals surface area contributed by atoms with Gasteiger partial charge in [-0.05, 0) is 67.7 Å². The minimum absolute atomic E-state index is 0.0655. The van der Waals surface area contributed by atoms with Gasteiger partial charge in [0, 0.05) is 22.5 Å². The first-order chi connectivity index (χ1) is 14.0. The van der Waals surface area contributed by atoms with Gasteiger partial charge in [0.15, 0.2) is 0 Å². The quantitative estimate of drug-likeness (QED) is 0.596. The average molecular weight is 435 g/mol. The van der Waals surface area contributed by atoms with Gasteiger partial charge in [-0.1, -0.05) is 48.3 Å². The summed E-state index contributed by atoms with van der Waals surface area (Å²) < 4.78 is 5.70. The Kier molecular flexibility index (Phi) is 8.22. The number of carbonyl (C=O) groups is 1. The first-order valence-corrected chi connectivity index (χ1v) is 11.0. The van der Waals surface area contributed by atoms with Crippen molar-refractivity contribution in [2.75, 3.05) is 26.2 Å². The Morgan fingerprint density at radius 2 is 1.86 bits per heavy atom. The molecule has 1 amide bonds. The Bertz CT molecular complexity index is 803. The Balaban J connectivity index is 1.35. The number of aryl methyl sites for hydroxylation is 1. The molecule has 29 heavy (non-hydrogen) atoms. The van der Waals surface area contributed by atoms with E-state index >= 15 is 0 Å². The van der Waals surface area contributed by atoms with Crippen LogP contribution in [-0.2, 0) is 17.8 Å². The van der Waals surface area contributed by atoms with Gasteiger partial charge in [-0.25, -0.2) is 0 Å². The van der Waals surface area contributed by atoms with Crippen molar-refractivity contribution in [3.05, 3.63) is 63.6 Å². The lowest BCUT2D eigenvalue weighted by molar-refractivity contribution is -0.126. The Morgan fingerprint density at radius 3 is 2.52 bits per heavy atom. The van der Waals surface area contributed by atoms with Crippen LogP contribution in [-0.4, -0.2) is 37.0 Å². The maximum atomic E-state index is 12.4. The van der Waals surface area contributed by atoms with E-state index in [-0.39, 0.29) is 11.8 Å². The molecule has 0 saturated carbocycles. The number of rotatable bonds is 8. The number of hydrogen-bond acceptors (Lipinski definition) is 3. The first-order valence-electron chi connectivity index (χ1n) is 10.2. The fourth-order valence-corrected chi connectivity index (χ4v) is 4.02. The Labute approximate surface area is 183 Å². The van der Waals surface area contributed by atoms with Crippen LogP contribution in [0.1, 0.15) is 30.9 Å². The van der Waals surface area contributed by atoms with Gasteiger partial charge in [0.1, 0.15) is 12.4 Å². The number of ether oxygens (including phenoxy) is 1. The number of carbonyl (C=O) groups excluding carboxylic acids is 1. The maximum Gasteiger partial charge on any atom is 0.223 e. The van der Waals surface area contributed by atoms with Gasteiger partial charge in [-0.2, -0.15) is 0 Å². The highest BCUT2D eigenvalue weighted by atomic mass is 35.5. The van der Waals surface area contributed by atoms with Crippen molar-refractivity contribution < 1.29 is 9.53 Å². The minimum atomic E-state index is 0.0655. The molecule has 1 aliphatic heterocycles. The van der Waals surface area contributed by atoms with E-state index in [4.69, 9.17) is 27.9 Å². The summed E-state index contributed by atoms with van der Waals surface area (Å²) in [4.78, 5) is 14.8. The third-order valence-electron chi connectivity index (χ3n) is 5.37. The Morgan fingerprint density at radius 1 is 1.14 bits per heavy atom. The summed E-state index contributed by atoms with van der Waals surface area (Å²) in [5, 5.41) is 4.35. The van der Waals surface area contributed by atoms with Gasteiger partial charge in [0.05, 0.1) is 6.54 Å². The zero-order chi connectivity index (χ0) is 20.6. The third kappa shape index (κ3) is 6.63. The van der Waals surface area contributed by atoms with Crippen molar-refractivity contribution in [2.24, 2.45) is 5.92 Å². The SMILES string of the molecule is CCc1ccc(OCCNC(=O)C2CCN(Cc3ccc(Cl)cc3Cl)CC2)cc1. The second kappa shape index (κ2) is 10.9. The van der Waals surface area contributed by atoms with Gasteiger partial charge in [0.25, 0.3) is 0 Å². The highest BCUT2D eigenvalue weighted by molar-refractivity contribution is 6.35. The van der Waals surface area contributed by atoms with Gasteiger partial charge < -0.3 is 10.1 Å². The number of likely N-dealkylation sites (tertiary alicyclic amines) is 1. The molecule has 2 aromatic rings. The highest BCUT2D eigenvalue weighted by Gasteiger charge is 2.25. The van der Waals surface area contributed by atoms with Gasteiger partial charge >= 0.3 is 0 Å². The molecule has 3 rings (SSSR count). The predicted molar refractivity (Wildman–Crippen MR) is 119 cm³/mol. The Hall–Kier alpha value is -1.75. The fourth-order valence-electron chi connectivity index (χ4n) is 3.55. The first kappa shape index (κ1) is 21.9. The molecule has 1 aliphatic rings. The summed E-state index contributed by atoms with van der Waals surface area (Å²) in [5.41, 5.74) is 2.36. The van der Waals surface area contributed by atoms with Crippen LogP contribution >= 0.6 is 23.2 Å². The van der Waals surface area contributed by atoms with Crippen LogP contribution in [0.2, 0.25) is 10.0 Å². The normalized spacial score (nSPS) is 15.3. The van der Waals surface area contributed by atoms with Crippen molar-refractivity contribution in [3.8, 4) is 5.75 Å². The molecular formula is C23H28Cl2N2O2. The molecule has 1 heterocycles. The summed E-state index contributed by atoms with van der Waals surface area (Å²) in [7, 11) is 0. The molecule has 0 radical (unpaired) electrons. The van der Waals surface area contributed by atoms with Crippen LogP contribution in [0.3, 0.4) is 0 Å². The smallest absolute Gasteiger partial charge is 0.223 e. The van der Waals surface area contributed by atoms with E-state index in [1.165, 1.54) is 5.56 Å². The van der Waals surface area contributed by atoms with E-state index in [1.54, 1.807) is 6.07 Å². The highest BCUT2D eigenvalue weighted by Crippen LogP contribution is 2.25.